The van der Waals surface area contributed by atoms with Gasteiger partial charge in [-0.25, -0.2) is 0 Å². The number of nitrogens with zero attached hydrogens (tertiary/aromatic N) is 2. The van der Waals surface area contributed by atoms with Crippen molar-refractivity contribution in [3.63, 3.8) is 0 Å². The van der Waals surface area contributed by atoms with Gasteiger partial charge >= 0.3 is 23.9 Å². The molecule has 0 heterocycles. The maximum atomic E-state index is 11.1. The summed E-state index contributed by atoms with van der Waals surface area (Å²) in [5.74, 6) is -4.32. The van der Waals surface area contributed by atoms with Gasteiger partial charge in [-0.05, 0) is 24.3 Å². The Morgan fingerprint density at radius 1 is 0.583 bits per heavy atom. The van der Waals surface area contributed by atoms with Gasteiger partial charge in [0.2, 0.25) is 0 Å². The quantitative estimate of drug-likeness (QED) is 0.180. The summed E-state index contributed by atoms with van der Waals surface area (Å²) in [6.07, 6.45) is 0. The molecular weight excluding hydrogens is 491 g/mol. The molecule has 1 radical (unpaired) electrons. The first-order chi connectivity index (χ1) is 16.2. The van der Waals surface area contributed by atoms with Crippen molar-refractivity contribution in [1.82, 2.24) is 0 Å². The Labute approximate surface area is 228 Å². The van der Waals surface area contributed by atoms with E-state index in [0.29, 0.717) is 0 Å². The molecule has 0 aliphatic rings. The van der Waals surface area contributed by atoms with Crippen LogP contribution in [0.4, 0.5) is 11.4 Å². The molecule has 0 saturated carbocycles. The van der Waals surface area contributed by atoms with Crippen LogP contribution in [0.25, 0.3) is 0 Å². The van der Waals surface area contributed by atoms with Crippen LogP contribution in [-0.4, -0.2) is 119 Å². The van der Waals surface area contributed by atoms with Crippen LogP contribution < -0.4 is 19.3 Å². The van der Waals surface area contributed by atoms with Crippen LogP contribution in [0.15, 0.2) is 48.5 Å². The minimum Gasteiger partial charge on any atom is -0.488 e. The fourth-order valence-electron chi connectivity index (χ4n) is 3.09. The molecule has 0 aliphatic heterocycles. The number of rotatable bonds is 15. The number of benzene rings is 2. The SMILES string of the molecule is O.O=C(O)CN(CC(=O)O)c1ccccc1OCCOc1ccccc1N(CC(=O)O)CC(=O)O.[Na]. The zero-order valence-electron chi connectivity index (χ0n) is 19.5. The van der Waals surface area contributed by atoms with Crippen LogP contribution >= 0.6 is 0 Å². The van der Waals surface area contributed by atoms with E-state index < -0.39 is 50.1 Å². The molecule has 13 nitrogen and oxygen atoms in total. The summed E-state index contributed by atoms with van der Waals surface area (Å²) < 4.78 is 11.4. The maximum absolute atomic E-state index is 11.1. The summed E-state index contributed by atoms with van der Waals surface area (Å²) in [6.45, 7) is -2.20. The van der Waals surface area contributed by atoms with Crippen molar-refractivity contribution in [1.29, 1.82) is 0 Å². The number of anilines is 2. The standard InChI is InChI=1S/C22H24N2O10.Na.H2O/c25-19(26)11-23(12-20(27)28)15-5-1-3-7-17(15)33-9-10-34-18-8-4-2-6-16(18)24(13-21(29)30)14-22(31)32;;/h1-8H,9-14H2,(H,25,26)(H,27,28)(H,29,30)(H,31,32);;1H2. The molecule has 36 heavy (non-hydrogen) atoms. The van der Waals surface area contributed by atoms with Gasteiger partial charge < -0.3 is 45.2 Å². The molecule has 2 aromatic carbocycles. The molecule has 0 atom stereocenters. The van der Waals surface area contributed by atoms with E-state index in [1.165, 1.54) is 12.1 Å². The molecule has 2 rings (SSSR count). The first-order valence-corrected chi connectivity index (χ1v) is 9.98. The zero-order valence-corrected chi connectivity index (χ0v) is 21.5. The molecule has 0 aliphatic carbocycles. The number of carboxylic acids is 4. The Morgan fingerprint density at radius 3 is 1.14 bits per heavy atom. The molecule has 0 amide bonds. The van der Waals surface area contributed by atoms with Gasteiger partial charge in [-0.15, -0.1) is 0 Å². The minimum absolute atomic E-state index is 0. The van der Waals surface area contributed by atoms with Gasteiger partial charge in [0, 0.05) is 29.6 Å². The first-order valence-electron chi connectivity index (χ1n) is 9.98. The number of hydrogen-bond acceptors (Lipinski definition) is 8. The summed E-state index contributed by atoms with van der Waals surface area (Å²) in [4.78, 5) is 46.9. The molecule has 2 aromatic rings. The summed E-state index contributed by atoms with van der Waals surface area (Å²) in [6, 6.07) is 12.7. The number of aliphatic carboxylic acids is 4. The molecule has 6 N–H and O–H groups in total. The van der Waals surface area contributed by atoms with Crippen molar-refractivity contribution in [3.8, 4) is 11.5 Å². The Hall–Kier alpha value is -3.52. The van der Waals surface area contributed by atoms with E-state index in [9.17, 15) is 19.2 Å². The second kappa shape index (κ2) is 16.2. The number of carbonyl (C=O) groups is 4. The average Bonchev–Trinajstić information content (AvgIpc) is 2.75. The van der Waals surface area contributed by atoms with E-state index in [0.717, 1.165) is 9.80 Å². The molecule has 0 spiro atoms. The van der Waals surface area contributed by atoms with Crippen molar-refractivity contribution in [3.05, 3.63) is 48.5 Å². The van der Waals surface area contributed by atoms with Crippen molar-refractivity contribution >= 4 is 64.8 Å². The van der Waals surface area contributed by atoms with E-state index in [1.54, 1.807) is 36.4 Å². The van der Waals surface area contributed by atoms with Gasteiger partial charge in [0.1, 0.15) is 50.9 Å². The van der Waals surface area contributed by atoms with Gasteiger partial charge in [-0.1, -0.05) is 24.3 Å². The molecule has 0 fully saturated rings. The molecule has 191 valence electrons. The first kappa shape index (κ1) is 32.5. The Kier molecular flexibility index (Phi) is 14.6. The summed E-state index contributed by atoms with van der Waals surface area (Å²) in [5, 5.41) is 36.4. The topological polar surface area (TPSA) is 206 Å². The Bertz CT molecular complexity index is 921. The van der Waals surface area contributed by atoms with E-state index in [-0.39, 0.29) is 71.1 Å². The third-order valence-corrected chi connectivity index (χ3v) is 4.31. The van der Waals surface area contributed by atoms with E-state index in [4.69, 9.17) is 29.9 Å². The van der Waals surface area contributed by atoms with Crippen molar-refractivity contribution in [2.45, 2.75) is 0 Å². The predicted octanol–water partition coefficient (Wildman–Crippen LogP) is -0.110. The van der Waals surface area contributed by atoms with Crippen LogP contribution in [0.5, 0.6) is 11.5 Å². The van der Waals surface area contributed by atoms with Gasteiger partial charge in [-0.3, -0.25) is 19.2 Å². The summed E-state index contributed by atoms with van der Waals surface area (Å²) in [5.41, 5.74) is 0.559. The number of carboxylic acid groups (broad SMARTS) is 4. The van der Waals surface area contributed by atoms with Crippen molar-refractivity contribution in [2.75, 3.05) is 49.2 Å². The van der Waals surface area contributed by atoms with Crippen molar-refractivity contribution in [2.24, 2.45) is 0 Å². The largest absolute Gasteiger partial charge is 0.488 e. The normalized spacial score (nSPS) is 9.67. The van der Waals surface area contributed by atoms with Crippen LogP contribution in [0, 0.1) is 0 Å². The van der Waals surface area contributed by atoms with Crippen LogP contribution in [-0.2, 0) is 19.2 Å². The van der Waals surface area contributed by atoms with Gasteiger partial charge in [0.25, 0.3) is 0 Å². The third kappa shape index (κ3) is 10.8. The molecule has 0 bridgehead atoms. The number of hydrogen-bond donors (Lipinski definition) is 4. The molecule has 0 unspecified atom stereocenters. The van der Waals surface area contributed by atoms with E-state index >= 15 is 0 Å². The Balaban J connectivity index is 0.00000612. The third-order valence-electron chi connectivity index (χ3n) is 4.31. The number of ether oxygens (including phenoxy) is 2. The second-order valence-corrected chi connectivity index (χ2v) is 6.92. The van der Waals surface area contributed by atoms with Crippen molar-refractivity contribution < 1.29 is 54.6 Å². The minimum atomic E-state index is -1.21. The summed E-state index contributed by atoms with van der Waals surface area (Å²) >= 11 is 0. The smallest absolute Gasteiger partial charge is 0.323 e. The maximum Gasteiger partial charge on any atom is 0.323 e. The summed E-state index contributed by atoms with van der Waals surface area (Å²) in [7, 11) is 0. The number of para-hydroxylation sites is 4. The van der Waals surface area contributed by atoms with Crippen LogP contribution in [0.2, 0.25) is 0 Å². The Morgan fingerprint density at radius 2 is 0.861 bits per heavy atom. The van der Waals surface area contributed by atoms with E-state index in [2.05, 4.69) is 0 Å². The second-order valence-electron chi connectivity index (χ2n) is 6.92. The van der Waals surface area contributed by atoms with Gasteiger partial charge in [-0.2, -0.15) is 0 Å². The molecule has 14 heteroatoms. The fourth-order valence-corrected chi connectivity index (χ4v) is 3.09. The molecule has 0 saturated heterocycles. The van der Waals surface area contributed by atoms with Crippen LogP contribution in [0.1, 0.15) is 0 Å². The molecular formula is C22H26N2NaO11. The monoisotopic (exact) mass is 517 g/mol. The molecule has 0 aromatic heterocycles. The van der Waals surface area contributed by atoms with Gasteiger partial charge in [0.15, 0.2) is 0 Å². The van der Waals surface area contributed by atoms with Gasteiger partial charge in [0.05, 0.1) is 11.4 Å². The fraction of sp³-hybridized carbons (Fsp3) is 0.273. The zero-order chi connectivity index (χ0) is 25.1. The van der Waals surface area contributed by atoms with Crippen LogP contribution in [0.3, 0.4) is 0 Å². The van der Waals surface area contributed by atoms with E-state index in [1.807, 2.05) is 0 Å². The average molecular weight is 517 g/mol. The predicted molar refractivity (Wildman–Crippen MR) is 128 cm³/mol.